The molecule has 94 valence electrons. The summed E-state index contributed by atoms with van der Waals surface area (Å²) in [6, 6.07) is 9.14. The van der Waals surface area contributed by atoms with Crippen LogP contribution in [0.3, 0.4) is 0 Å². The van der Waals surface area contributed by atoms with Crippen molar-refractivity contribution in [2.45, 2.75) is 51.6 Å². The predicted octanol–water partition coefficient (Wildman–Crippen LogP) is 3.65. The predicted molar refractivity (Wildman–Crippen MR) is 69.8 cm³/mol. The Hall–Kier alpha value is -1.15. The molecule has 1 aromatic carbocycles. The first-order chi connectivity index (χ1) is 8.25. The van der Waals surface area contributed by atoms with E-state index in [1.54, 1.807) is 12.1 Å². The molecular weight excluding hydrogens is 212 g/mol. The van der Waals surface area contributed by atoms with Gasteiger partial charge in [0.1, 0.15) is 6.10 Å². The molecule has 0 aliphatic heterocycles. The largest absolute Gasteiger partial charge is 0.381 e. The van der Waals surface area contributed by atoms with Gasteiger partial charge in [-0.25, -0.2) is 0 Å². The number of hydrogen-bond donors (Lipinski definition) is 1. The van der Waals surface area contributed by atoms with Crippen molar-refractivity contribution < 1.29 is 9.90 Å². The number of Topliss-reactive ketones (excluding diaryl/α,β-unsaturated/α-hetero) is 1. The molecule has 0 aromatic heterocycles. The SMILES string of the molecule is CCCCCCCC(=O)C(O)c1ccccc1. The molecular formula is C15H22O2. The summed E-state index contributed by atoms with van der Waals surface area (Å²) in [4.78, 5) is 11.7. The number of carbonyl (C=O) groups excluding carboxylic acids is 1. The van der Waals surface area contributed by atoms with Crippen LogP contribution < -0.4 is 0 Å². The van der Waals surface area contributed by atoms with Crippen LogP contribution in [0.15, 0.2) is 30.3 Å². The summed E-state index contributed by atoms with van der Waals surface area (Å²) in [5, 5.41) is 9.84. The number of aliphatic hydroxyl groups excluding tert-OH is 1. The lowest BCUT2D eigenvalue weighted by Crippen LogP contribution is -2.11. The average Bonchev–Trinajstić information content (AvgIpc) is 2.38. The van der Waals surface area contributed by atoms with Crippen molar-refractivity contribution in [3.8, 4) is 0 Å². The van der Waals surface area contributed by atoms with Gasteiger partial charge in [-0.1, -0.05) is 62.9 Å². The van der Waals surface area contributed by atoms with E-state index in [1.165, 1.54) is 19.3 Å². The van der Waals surface area contributed by atoms with Crippen LogP contribution in [0.25, 0.3) is 0 Å². The van der Waals surface area contributed by atoms with Crippen molar-refractivity contribution in [3.63, 3.8) is 0 Å². The Morgan fingerprint density at radius 1 is 1.12 bits per heavy atom. The molecule has 1 atom stereocenters. The van der Waals surface area contributed by atoms with Crippen LogP contribution in [0.5, 0.6) is 0 Å². The molecule has 0 saturated carbocycles. The minimum absolute atomic E-state index is 0.0623. The van der Waals surface area contributed by atoms with E-state index in [0.29, 0.717) is 12.0 Å². The normalized spacial score (nSPS) is 12.4. The molecule has 0 aliphatic rings. The monoisotopic (exact) mass is 234 g/mol. The maximum Gasteiger partial charge on any atom is 0.165 e. The van der Waals surface area contributed by atoms with Gasteiger partial charge in [-0.05, 0) is 12.0 Å². The lowest BCUT2D eigenvalue weighted by Gasteiger charge is -2.09. The van der Waals surface area contributed by atoms with Crippen molar-refractivity contribution in [1.29, 1.82) is 0 Å². The van der Waals surface area contributed by atoms with Gasteiger partial charge >= 0.3 is 0 Å². The Labute approximate surface area is 104 Å². The molecule has 1 unspecified atom stereocenters. The summed E-state index contributed by atoms with van der Waals surface area (Å²) in [7, 11) is 0. The molecule has 0 bridgehead atoms. The fraction of sp³-hybridized carbons (Fsp3) is 0.533. The van der Waals surface area contributed by atoms with Gasteiger partial charge in [0, 0.05) is 6.42 Å². The van der Waals surface area contributed by atoms with Crippen LogP contribution in [-0.4, -0.2) is 10.9 Å². The molecule has 0 radical (unpaired) electrons. The zero-order chi connectivity index (χ0) is 12.5. The van der Waals surface area contributed by atoms with E-state index in [4.69, 9.17) is 0 Å². The van der Waals surface area contributed by atoms with Crippen molar-refractivity contribution >= 4 is 5.78 Å². The molecule has 0 aliphatic carbocycles. The zero-order valence-corrected chi connectivity index (χ0v) is 10.6. The number of carbonyl (C=O) groups is 1. The van der Waals surface area contributed by atoms with Gasteiger partial charge < -0.3 is 5.11 Å². The van der Waals surface area contributed by atoms with Crippen molar-refractivity contribution in [2.75, 3.05) is 0 Å². The number of hydrogen-bond acceptors (Lipinski definition) is 2. The fourth-order valence-electron chi connectivity index (χ4n) is 1.86. The number of rotatable bonds is 8. The maximum absolute atomic E-state index is 11.7. The van der Waals surface area contributed by atoms with Gasteiger partial charge in [-0.15, -0.1) is 0 Å². The second-order valence-electron chi connectivity index (χ2n) is 4.44. The Morgan fingerprint density at radius 2 is 1.76 bits per heavy atom. The summed E-state index contributed by atoms with van der Waals surface area (Å²) < 4.78 is 0. The summed E-state index contributed by atoms with van der Waals surface area (Å²) in [6.07, 6.45) is 5.15. The summed E-state index contributed by atoms with van der Waals surface area (Å²) in [5.41, 5.74) is 0.700. The van der Waals surface area contributed by atoms with Gasteiger partial charge in [0.05, 0.1) is 0 Å². The third kappa shape index (κ3) is 5.14. The highest BCUT2D eigenvalue weighted by Crippen LogP contribution is 2.16. The van der Waals surface area contributed by atoms with Gasteiger partial charge in [-0.2, -0.15) is 0 Å². The molecule has 1 rings (SSSR count). The summed E-state index contributed by atoms with van der Waals surface area (Å²) >= 11 is 0. The third-order valence-corrected chi connectivity index (χ3v) is 2.95. The van der Waals surface area contributed by atoms with Crippen LogP contribution in [0, 0.1) is 0 Å². The average molecular weight is 234 g/mol. The number of aliphatic hydroxyl groups is 1. The Kier molecular flexibility index (Phi) is 6.56. The minimum atomic E-state index is -0.942. The van der Waals surface area contributed by atoms with Crippen LogP contribution in [0.1, 0.15) is 57.1 Å². The van der Waals surface area contributed by atoms with E-state index in [9.17, 15) is 9.90 Å². The Balaban J connectivity index is 2.28. The second-order valence-corrected chi connectivity index (χ2v) is 4.44. The summed E-state index contributed by atoms with van der Waals surface area (Å²) in [5.74, 6) is -0.0623. The summed E-state index contributed by atoms with van der Waals surface area (Å²) in [6.45, 7) is 2.17. The lowest BCUT2D eigenvalue weighted by atomic mass is 10.0. The fourth-order valence-corrected chi connectivity index (χ4v) is 1.86. The first-order valence-corrected chi connectivity index (χ1v) is 6.51. The Bertz CT molecular complexity index is 319. The molecule has 0 heterocycles. The van der Waals surface area contributed by atoms with Crippen LogP contribution >= 0.6 is 0 Å². The molecule has 1 N–H and O–H groups in total. The topological polar surface area (TPSA) is 37.3 Å². The zero-order valence-electron chi connectivity index (χ0n) is 10.6. The standard InChI is InChI=1S/C15H22O2/c1-2-3-4-5-9-12-14(16)15(17)13-10-7-6-8-11-13/h6-8,10-11,15,17H,2-5,9,12H2,1H3. The van der Waals surface area contributed by atoms with E-state index in [1.807, 2.05) is 18.2 Å². The first-order valence-electron chi connectivity index (χ1n) is 6.51. The highest BCUT2D eigenvalue weighted by molar-refractivity contribution is 5.84. The highest BCUT2D eigenvalue weighted by Gasteiger charge is 2.15. The highest BCUT2D eigenvalue weighted by atomic mass is 16.3. The van der Waals surface area contributed by atoms with Crippen LogP contribution in [-0.2, 0) is 4.79 Å². The van der Waals surface area contributed by atoms with E-state index >= 15 is 0 Å². The molecule has 1 aromatic rings. The third-order valence-electron chi connectivity index (χ3n) is 2.95. The van der Waals surface area contributed by atoms with E-state index < -0.39 is 6.10 Å². The van der Waals surface area contributed by atoms with Crippen LogP contribution in [0.2, 0.25) is 0 Å². The first kappa shape index (κ1) is 13.9. The lowest BCUT2D eigenvalue weighted by molar-refractivity contribution is -0.127. The molecule has 0 amide bonds. The van der Waals surface area contributed by atoms with Crippen molar-refractivity contribution in [1.82, 2.24) is 0 Å². The van der Waals surface area contributed by atoms with Gasteiger partial charge in [0.25, 0.3) is 0 Å². The minimum Gasteiger partial charge on any atom is -0.381 e. The molecule has 0 spiro atoms. The van der Waals surface area contributed by atoms with Gasteiger partial charge in [-0.3, -0.25) is 4.79 Å². The molecule has 0 saturated heterocycles. The van der Waals surface area contributed by atoms with Crippen LogP contribution in [0.4, 0.5) is 0 Å². The molecule has 0 fully saturated rings. The van der Waals surface area contributed by atoms with E-state index in [0.717, 1.165) is 12.8 Å². The van der Waals surface area contributed by atoms with Gasteiger partial charge in [0.2, 0.25) is 0 Å². The Morgan fingerprint density at radius 3 is 2.41 bits per heavy atom. The van der Waals surface area contributed by atoms with E-state index in [-0.39, 0.29) is 5.78 Å². The van der Waals surface area contributed by atoms with Crippen molar-refractivity contribution in [3.05, 3.63) is 35.9 Å². The molecule has 2 nitrogen and oxygen atoms in total. The van der Waals surface area contributed by atoms with E-state index in [2.05, 4.69) is 6.92 Å². The number of ketones is 1. The number of unbranched alkanes of at least 4 members (excludes halogenated alkanes) is 4. The smallest absolute Gasteiger partial charge is 0.165 e. The molecule has 2 heteroatoms. The second kappa shape index (κ2) is 8.02. The maximum atomic E-state index is 11.7. The molecule has 17 heavy (non-hydrogen) atoms. The quantitative estimate of drug-likeness (QED) is 0.697. The van der Waals surface area contributed by atoms with Crippen molar-refractivity contribution in [2.24, 2.45) is 0 Å². The number of benzene rings is 1. The van der Waals surface area contributed by atoms with Gasteiger partial charge in [0.15, 0.2) is 5.78 Å².